The predicted octanol–water partition coefficient (Wildman–Crippen LogP) is 11.2. The van der Waals surface area contributed by atoms with Crippen LogP contribution in [0.1, 0.15) is 63.2 Å². The molecule has 0 bridgehead atoms. The van der Waals surface area contributed by atoms with Gasteiger partial charge < -0.3 is 19.4 Å². The van der Waals surface area contributed by atoms with E-state index in [1.54, 1.807) is 0 Å². The summed E-state index contributed by atoms with van der Waals surface area (Å²) in [5.74, 6) is 3.47. The number of ether oxygens (including phenoxy) is 2. The number of nitrogens with zero attached hydrogens (tertiary/aromatic N) is 1. The Balaban J connectivity index is 1.12. The second kappa shape index (κ2) is 11.4. The molecule has 1 spiro atoms. The van der Waals surface area contributed by atoms with E-state index in [1.165, 1.54) is 33.7 Å². The van der Waals surface area contributed by atoms with Crippen LogP contribution >= 0.6 is 0 Å². The molecule has 1 atom stereocenters. The van der Waals surface area contributed by atoms with Gasteiger partial charge in [-0.05, 0) is 108 Å². The lowest BCUT2D eigenvalue weighted by Gasteiger charge is -2.45. The highest BCUT2D eigenvalue weighted by Crippen LogP contribution is 2.62. The fraction of sp³-hybridized carbons (Fsp3) is 0.125. The number of benzene rings is 5. The lowest BCUT2D eigenvalue weighted by atomic mass is 9.62. The Morgan fingerprint density at radius 3 is 2.10 bits per heavy atom. The average molecular weight is 673 g/mol. The van der Waals surface area contributed by atoms with Crippen molar-refractivity contribution >= 4 is 17.7 Å². The van der Waals surface area contributed by atoms with Crippen molar-refractivity contribution < 1.29 is 9.47 Å². The summed E-state index contributed by atoms with van der Waals surface area (Å²) < 4.78 is 16.3. The number of hydrogen-bond donors (Lipinski definition) is 1. The first-order chi connectivity index (χ1) is 25.8. The minimum absolute atomic E-state index is 0.643. The van der Waals surface area contributed by atoms with Crippen LogP contribution in [-0.2, 0) is 18.3 Å². The summed E-state index contributed by atoms with van der Waals surface area (Å²) >= 11 is 0. The molecular formula is C48H36N2O2. The molecule has 1 aromatic heterocycles. The van der Waals surface area contributed by atoms with Crippen molar-refractivity contribution in [3.8, 4) is 39.8 Å². The third kappa shape index (κ3) is 4.21. The summed E-state index contributed by atoms with van der Waals surface area (Å²) in [6.45, 7) is 0.818. The molecule has 5 aliphatic rings. The van der Waals surface area contributed by atoms with Gasteiger partial charge in [-0.3, -0.25) is 0 Å². The monoisotopic (exact) mass is 672 g/mol. The normalized spacial score (nSPS) is 18.4. The molecule has 3 aliphatic heterocycles. The number of rotatable bonds is 3. The van der Waals surface area contributed by atoms with E-state index in [4.69, 9.17) is 9.47 Å². The maximum atomic E-state index is 6.92. The van der Waals surface area contributed by atoms with Gasteiger partial charge in [-0.25, -0.2) is 0 Å². The number of nitrogens with one attached hydrogen (secondary N) is 1. The number of aromatic nitrogens is 1. The molecule has 0 saturated carbocycles. The molecule has 6 aromatic rings. The second-order valence-electron chi connectivity index (χ2n) is 14.3. The summed E-state index contributed by atoms with van der Waals surface area (Å²) in [5.41, 5.74) is 15.3. The third-order valence-electron chi connectivity index (χ3n) is 11.5. The summed E-state index contributed by atoms with van der Waals surface area (Å²) in [5, 5.41) is 3.34. The summed E-state index contributed by atoms with van der Waals surface area (Å²) in [4.78, 5) is 0. The van der Waals surface area contributed by atoms with E-state index in [1.807, 2.05) is 6.20 Å². The Morgan fingerprint density at radius 1 is 0.596 bits per heavy atom. The average Bonchev–Trinajstić information content (AvgIpc) is 3.55. The molecule has 2 aliphatic carbocycles. The zero-order chi connectivity index (χ0) is 34.2. The molecular weight excluding hydrogens is 637 g/mol. The molecule has 1 N–H and O–H groups in total. The zero-order valence-corrected chi connectivity index (χ0v) is 28.7. The molecule has 0 fully saturated rings. The van der Waals surface area contributed by atoms with Gasteiger partial charge in [0.2, 0.25) is 0 Å². The standard InChI is InChI=1S/C48H36N2O2/c1-5-18-42-36(14-1)37-15-2-6-19-43(37)50(42)35-23-25-41-47(29-35)52-45-21-8-4-17-39(45)48(41)38-16-3-7-20-44(38)51-46-28-33(22-24-40(46)48)31-11-9-12-32(27-31)34-13-10-26-49-30-34/h1,3-4,6-14,16-17,19-29,49H,2,5,15,18,30H2. The SMILES string of the molecule is C1=CNCC(c2cccc(-c3ccc4c(c3)Oc3ccccc3C43c4ccccc4Oc4cc(-n5c6c(c7c5CCC=C7)CCC=C6)ccc43)c2)=C1. The molecule has 0 radical (unpaired) electrons. The van der Waals surface area contributed by atoms with Gasteiger partial charge in [-0.1, -0.05) is 97.1 Å². The van der Waals surface area contributed by atoms with Gasteiger partial charge in [0, 0.05) is 51.9 Å². The molecule has 0 saturated heterocycles. The lowest BCUT2D eigenvalue weighted by Crippen LogP contribution is -2.36. The van der Waals surface area contributed by atoms with Crippen LogP contribution in [0.2, 0.25) is 0 Å². The predicted molar refractivity (Wildman–Crippen MR) is 209 cm³/mol. The van der Waals surface area contributed by atoms with E-state index in [0.717, 1.165) is 94.3 Å². The van der Waals surface area contributed by atoms with Crippen molar-refractivity contribution in [1.29, 1.82) is 0 Å². The molecule has 11 rings (SSSR count). The molecule has 4 heteroatoms. The van der Waals surface area contributed by atoms with Crippen molar-refractivity contribution in [2.45, 2.75) is 31.1 Å². The first-order valence-corrected chi connectivity index (χ1v) is 18.4. The van der Waals surface area contributed by atoms with E-state index in [-0.39, 0.29) is 0 Å². The first kappa shape index (κ1) is 29.5. The highest BCUT2D eigenvalue weighted by atomic mass is 16.5. The minimum atomic E-state index is -0.643. The number of para-hydroxylation sites is 2. The Kier molecular flexibility index (Phi) is 6.45. The quantitative estimate of drug-likeness (QED) is 0.203. The fourth-order valence-electron chi connectivity index (χ4n) is 9.27. The van der Waals surface area contributed by atoms with Gasteiger partial charge in [0.1, 0.15) is 23.0 Å². The fourth-order valence-corrected chi connectivity index (χ4v) is 9.27. The van der Waals surface area contributed by atoms with Gasteiger partial charge in [-0.15, -0.1) is 0 Å². The number of allylic oxidation sites excluding steroid dienone is 4. The van der Waals surface area contributed by atoms with E-state index in [2.05, 4.69) is 156 Å². The molecule has 250 valence electrons. The van der Waals surface area contributed by atoms with Crippen LogP contribution in [0.15, 0.2) is 140 Å². The number of dihydropyridines is 1. The molecule has 4 nitrogen and oxygen atoms in total. The summed E-state index contributed by atoms with van der Waals surface area (Å²) in [6, 6.07) is 39.5. The number of hydrogen-bond acceptors (Lipinski definition) is 3. The molecule has 4 heterocycles. The van der Waals surface area contributed by atoms with Crippen LogP contribution in [0.5, 0.6) is 23.0 Å². The van der Waals surface area contributed by atoms with Crippen LogP contribution in [0.3, 0.4) is 0 Å². The maximum absolute atomic E-state index is 6.92. The van der Waals surface area contributed by atoms with E-state index >= 15 is 0 Å². The Bertz CT molecular complexity index is 2580. The van der Waals surface area contributed by atoms with Crippen molar-refractivity contribution in [3.05, 3.63) is 190 Å². The topological polar surface area (TPSA) is 35.4 Å². The molecule has 5 aromatic carbocycles. The number of fused-ring (bicyclic) bond motifs is 11. The summed E-state index contributed by atoms with van der Waals surface area (Å²) in [7, 11) is 0. The third-order valence-corrected chi connectivity index (χ3v) is 11.5. The molecule has 52 heavy (non-hydrogen) atoms. The first-order valence-electron chi connectivity index (χ1n) is 18.4. The van der Waals surface area contributed by atoms with Crippen molar-refractivity contribution in [3.63, 3.8) is 0 Å². The lowest BCUT2D eigenvalue weighted by molar-refractivity contribution is 0.399. The van der Waals surface area contributed by atoms with E-state index in [0.29, 0.717) is 0 Å². The van der Waals surface area contributed by atoms with Gasteiger partial charge in [0.15, 0.2) is 0 Å². The van der Waals surface area contributed by atoms with Gasteiger partial charge >= 0.3 is 0 Å². The Morgan fingerprint density at radius 2 is 1.29 bits per heavy atom. The second-order valence-corrected chi connectivity index (χ2v) is 14.3. The van der Waals surface area contributed by atoms with Gasteiger partial charge in [0.25, 0.3) is 0 Å². The summed E-state index contributed by atoms with van der Waals surface area (Å²) in [6.07, 6.45) is 19.8. The van der Waals surface area contributed by atoms with Crippen molar-refractivity contribution in [1.82, 2.24) is 9.88 Å². The van der Waals surface area contributed by atoms with Crippen LogP contribution < -0.4 is 14.8 Å². The van der Waals surface area contributed by atoms with Crippen LogP contribution in [0.4, 0.5) is 0 Å². The van der Waals surface area contributed by atoms with Crippen LogP contribution in [0, 0.1) is 0 Å². The van der Waals surface area contributed by atoms with Gasteiger partial charge in [0.05, 0.1) is 5.41 Å². The maximum Gasteiger partial charge on any atom is 0.134 e. The minimum Gasteiger partial charge on any atom is -0.457 e. The van der Waals surface area contributed by atoms with Crippen molar-refractivity contribution in [2.75, 3.05) is 6.54 Å². The van der Waals surface area contributed by atoms with Crippen LogP contribution in [0.25, 0.3) is 34.5 Å². The zero-order valence-electron chi connectivity index (χ0n) is 28.7. The largest absolute Gasteiger partial charge is 0.457 e. The van der Waals surface area contributed by atoms with Crippen molar-refractivity contribution in [2.24, 2.45) is 0 Å². The smallest absolute Gasteiger partial charge is 0.134 e. The van der Waals surface area contributed by atoms with E-state index < -0.39 is 5.41 Å². The van der Waals surface area contributed by atoms with Gasteiger partial charge in [-0.2, -0.15) is 0 Å². The van der Waals surface area contributed by atoms with E-state index in [9.17, 15) is 0 Å². The Labute approximate surface area is 303 Å². The highest BCUT2D eigenvalue weighted by molar-refractivity contribution is 5.80. The Hall–Kier alpha value is -6.26. The molecule has 1 unspecified atom stereocenters. The molecule has 0 amide bonds. The highest BCUT2D eigenvalue weighted by Gasteiger charge is 2.50. The van der Waals surface area contributed by atoms with Crippen LogP contribution in [-0.4, -0.2) is 11.1 Å².